The third-order valence-electron chi connectivity index (χ3n) is 6.61. The standard InChI is InChI=1S/C22H25BrO5/c1-13(24)27-12-18-7-17(19(25)11-23)2-3-20(18)28-21(26)22-8-14-4-15(9-22)6-16(5-14)10-22/h2-3,7,14-16H,4-6,8-12H2,1H3. The molecule has 5 nitrogen and oxygen atoms in total. The lowest BCUT2D eigenvalue weighted by Gasteiger charge is -2.55. The Labute approximate surface area is 173 Å². The van der Waals surface area contributed by atoms with E-state index in [0.29, 0.717) is 34.6 Å². The number of benzene rings is 1. The number of carbonyl (C=O) groups excluding carboxylic acids is 3. The Bertz CT molecular complexity index is 780. The highest BCUT2D eigenvalue weighted by molar-refractivity contribution is 9.09. The Kier molecular flexibility index (Phi) is 5.34. The zero-order valence-electron chi connectivity index (χ0n) is 16.0. The predicted molar refractivity (Wildman–Crippen MR) is 106 cm³/mol. The van der Waals surface area contributed by atoms with E-state index in [2.05, 4.69) is 15.9 Å². The van der Waals surface area contributed by atoms with E-state index in [1.165, 1.54) is 26.2 Å². The van der Waals surface area contributed by atoms with Gasteiger partial charge < -0.3 is 9.47 Å². The zero-order valence-corrected chi connectivity index (χ0v) is 17.6. The fourth-order valence-electron chi connectivity index (χ4n) is 5.79. The van der Waals surface area contributed by atoms with Crippen molar-refractivity contribution in [2.24, 2.45) is 23.2 Å². The summed E-state index contributed by atoms with van der Waals surface area (Å²) >= 11 is 3.17. The molecule has 0 aromatic heterocycles. The average Bonchev–Trinajstić information content (AvgIpc) is 2.65. The number of ether oxygens (including phenoxy) is 2. The lowest BCUT2D eigenvalue weighted by molar-refractivity contribution is -0.161. The number of esters is 2. The lowest BCUT2D eigenvalue weighted by atomic mass is 9.49. The molecule has 0 heterocycles. The molecule has 1 aromatic carbocycles. The molecule has 0 saturated heterocycles. The average molecular weight is 449 g/mol. The number of alkyl halides is 1. The van der Waals surface area contributed by atoms with E-state index in [4.69, 9.17) is 9.47 Å². The van der Waals surface area contributed by atoms with E-state index < -0.39 is 5.97 Å². The van der Waals surface area contributed by atoms with Gasteiger partial charge in [-0.2, -0.15) is 0 Å². The van der Waals surface area contributed by atoms with Crippen LogP contribution in [0.25, 0.3) is 0 Å². The monoisotopic (exact) mass is 448 g/mol. The van der Waals surface area contributed by atoms with Crippen LogP contribution in [0.1, 0.15) is 61.4 Å². The summed E-state index contributed by atoms with van der Waals surface area (Å²) in [4.78, 5) is 36.5. The predicted octanol–water partition coefficient (Wildman–Crippen LogP) is 4.45. The summed E-state index contributed by atoms with van der Waals surface area (Å²) in [6.45, 7) is 1.30. The molecule has 0 N–H and O–H groups in total. The molecule has 0 amide bonds. The first kappa shape index (κ1) is 19.6. The molecule has 4 aliphatic rings. The minimum atomic E-state index is -0.421. The first-order valence-corrected chi connectivity index (χ1v) is 11.1. The van der Waals surface area contributed by atoms with Crippen LogP contribution in [0.15, 0.2) is 18.2 Å². The highest BCUT2D eigenvalue weighted by Gasteiger charge is 2.55. The molecular formula is C22H25BrO5. The molecule has 0 aliphatic heterocycles. The van der Waals surface area contributed by atoms with Crippen LogP contribution < -0.4 is 4.74 Å². The number of carbonyl (C=O) groups is 3. The first-order valence-electron chi connectivity index (χ1n) is 9.96. The molecule has 4 bridgehead atoms. The van der Waals surface area contributed by atoms with Crippen molar-refractivity contribution in [1.82, 2.24) is 0 Å². The summed E-state index contributed by atoms with van der Waals surface area (Å²) < 4.78 is 11.0. The van der Waals surface area contributed by atoms with Crippen LogP contribution in [0.4, 0.5) is 0 Å². The third-order valence-corrected chi connectivity index (χ3v) is 7.12. The smallest absolute Gasteiger partial charge is 0.317 e. The van der Waals surface area contributed by atoms with Crippen molar-refractivity contribution >= 4 is 33.7 Å². The zero-order chi connectivity index (χ0) is 19.9. The number of Topliss-reactive ketones (excluding diaryl/α,β-unsaturated/α-hetero) is 1. The fraction of sp³-hybridized carbons (Fsp3) is 0.591. The lowest BCUT2D eigenvalue weighted by Crippen LogP contribution is -2.51. The molecule has 4 fully saturated rings. The second-order valence-electron chi connectivity index (χ2n) is 8.75. The molecule has 28 heavy (non-hydrogen) atoms. The van der Waals surface area contributed by atoms with Gasteiger partial charge in [-0.3, -0.25) is 14.4 Å². The van der Waals surface area contributed by atoms with Crippen molar-refractivity contribution in [3.8, 4) is 5.75 Å². The van der Waals surface area contributed by atoms with E-state index in [9.17, 15) is 14.4 Å². The molecule has 0 unspecified atom stereocenters. The second-order valence-corrected chi connectivity index (χ2v) is 9.31. The van der Waals surface area contributed by atoms with Crippen molar-refractivity contribution in [2.45, 2.75) is 52.1 Å². The molecule has 0 atom stereocenters. The Morgan fingerprint density at radius 2 is 1.68 bits per heavy atom. The number of hydrogen-bond donors (Lipinski definition) is 0. The molecule has 0 spiro atoms. The maximum atomic E-state index is 13.2. The SMILES string of the molecule is CC(=O)OCc1cc(C(=O)CBr)ccc1OC(=O)C12CC3CC(CC(C3)C1)C2. The van der Waals surface area contributed by atoms with Gasteiger partial charge >= 0.3 is 11.9 Å². The van der Waals surface area contributed by atoms with Crippen molar-refractivity contribution in [1.29, 1.82) is 0 Å². The van der Waals surface area contributed by atoms with Gasteiger partial charge in [-0.15, -0.1) is 0 Å². The molecule has 0 radical (unpaired) electrons. The third kappa shape index (κ3) is 3.76. The summed E-state index contributed by atoms with van der Waals surface area (Å²) in [7, 11) is 0. The normalized spacial score (nSPS) is 30.1. The molecule has 1 aromatic rings. The second kappa shape index (κ2) is 7.62. The largest absolute Gasteiger partial charge is 0.461 e. The van der Waals surface area contributed by atoms with Crippen LogP contribution in [-0.4, -0.2) is 23.1 Å². The van der Waals surface area contributed by atoms with Crippen molar-refractivity contribution in [2.75, 3.05) is 5.33 Å². The van der Waals surface area contributed by atoms with Gasteiger partial charge in [-0.05, 0) is 74.5 Å². The van der Waals surface area contributed by atoms with Gasteiger partial charge in [-0.25, -0.2) is 0 Å². The van der Waals surface area contributed by atoms with Gasteiger partial charge in [0.05, 0.1) is 10.7 Å². The van der Waals surface area contributed by atoms with Gasteiger partial charge in [-0.1, -0.05) is 15.9 Å². The molecule has 6 heteroatoms. The summed E-state index contributed by atoms with van der Waals surface area (Å²) in [6, 6.07) is 4.95. The van der Waals surface area contributed by atoms with Crippen LogP contribution >= 0.6 is 15.9 Å². The summed E-state index contributed by atoms with van der Waals surface area (Å²) in [5, 5.41) is 0.201. The van der Waals surface area contributed by atoms with Gasteiger partial charge in [0.15, 0.2) is 5.78 Å². The summed E-state index contributed by atoms with van der Waals surface area (Å²) in [5.41, 5.74) is 0.673. The number of hydrogen-bond acceptors (Lipinski definition) is 5. The van der Waals surface area contributed by atoms with Crippen LogP contribution in [-0.2, 0) is 20.9 Å². The van der Waals surface area contributed by atoms with Crippen molar-refractivity contribution in [3.63, 3.8) is 0 Å². The van der Waals surface area contributed by atoms with Crippen LogP contribution in [0.2, 0.25) is 0 Å². The Morgan fingerprint density at radius 1 is 1.07 bits per heavy atom. The molecule has 150 valence electrons. The fourth-order valence-corrected chi connectivity index (χ4v) is 6.11. The van der Waals surface area contributed by atoms with E-state index in [1.807, 2.05) is 0 Å². The summed E-state index contributed by atoms with van der Waals surface area (Å²) in [6.07, 6.45) is 6.56. The van der Waals surface area contributed by atoms with E-state index >= 15 is 0 Å². The number of ketones is 1. The summed E-state index contributed by atoms with van der Waals surface area (Å²) in [5.74, 6) is 1.68. The maximum absolute atomic E-state index is 13.2. The minimum Gasteiger partial charge on any atom is -0.461 e. The highest BCUT2D eigenvalue weighted by atomic mass is 79.9. The van der Waals surface area contributed by atoms with E-state index in [-0.39, 0.29) is 29.1 Å². The maximum Gasteiger partial charge on any atom is 0.317 e. The Hall–Kier alpha value is -1.69. The Morgan fingerprint density at radius 3 is 2.21 bits per heavy atom. The van der Waals surface area contributed by atoms with Gasteiger partial charge in [0.25, 0.3) is 0 Å². The number of rotatable bonds is 6. The van der Waals surface area contributed by atoms with Gasteiger partial charge in [0.2, 0.25) is 0 Å². The molecule has 4 saturated carbocycles. The van der Waals surface area contributed by atoms with E-state index in [0.717, 1.165) is 19.3 Å². The topological polar surface area (TPSA) is 69.7 Å². The van der Waals surface area contributed by atoms with Crippen LogP contribution in [0.3, 0.4) is 0 Å². The van der Waals surface area contributed by atoms with Gasteiger partial charge in [0, 0.05) is 18.1 Å². The van der Waals surface area contributed by atoms with E-state index in [1.54, 1.807) is 18.2 Å². The van der Waals surface area contributed by atoms with Gasteiger partial charge in [0.1, 0.15) is 12.4 Å². The highest BCUT2D eigenvalue weighted by Crippen LogP contribution is 2.60. The van der Waals surface area contributed by atoms with Crippen molar-refractivity contribution < 1.29 is 23.9 Å². The first-order chi connectivity index (χ1) is 13.4. The molecule has 5 rings (SSSR count). The van der Waals surface area contributed by atoms with Crippen molar-refractivity contribution in [3.05, 3.63) is 29.3 Å². The molecular weight excluding hydrogens is 424 g/mol. The molecule has 4 aliphatic carbocycles. The quantitative estimate of drug-likeness (QED) is 0.278. The van der Waals surface area contributed by atoms with Crippen LogP contribution in [0, 0.1) is 23.2 Å². The van der Waals surface area contributed by atoms with Crippen LogP contribution in [0.5, 0.6) is 5.75 Å². The minimum absolute atomic E-state index is 0.0256. The Balaban J connectivity index is 1.57. The number of halogens is 1.